The van der Waals surface area contributed by atoms with Gasteiger partial charge in [0.15, 0.2) is 0 Å². The Hall–Kier alpha value is -1.09. The second-order valence-corrected chi connectivity index (χ2v) is 2.64. The second-order valence-electron chi connectivity index (χ2n) is 2.64. The molecule has 1 aromatic rings. The molecule has 0 aliphatic heterocycles. The van der Waals surface area contributed by atoms with Crippen molar-refractivity contribution < 1.29 is 4.39 Å². The van der Waals surface area contributed by atoms with Crippen molar-refractivity contribution >= 4 is 5.69 Å². The lowest BCUT2D eigenvalue weighted by Crippen LogP contribution is -2.11. The Kier molecular flexibility index (Phi) is 3.05. The zero-order valence-corrected chi connectivity index (χ0v) is 7.10. The molecule has 1 rings (SSSR count). The molecule has 12 heavy (non-hydrogen) atoms. The van der Waals surface area contributed by atoms with Gasteiger partial charge in [0.1, 0.15) is 5.82 Å². The number of nitrogens with one attached hydrogen (secondary N) is 1. The van der Waals surface area contributed by atoms with Crippen molar-refractivity contribution in [1.82, 2.24) is 5.32 Å². The second kappa shape index (κ2) is 4.07. The van der Waals surface area contributed by atoms with Gasteiger partial charge in [-0.25, -0.2) is 4.39 Å². The average Bonchev–Trinajstić information content (AvgIpc) is 2.07. The van der Waals surface area contributed by atoms with E-state index in [1.165, 1.54) is 6.07 Å². The molecule has 3 N–H and O–H groups in total. The molecule has 1 aromatic carbocycles. The zero-order chi connectivity index (χ0) is 8.97. The standard InChI is InChI=1S/C9H13FN2/c1-2-12-6-7-3-4-9(11)8(10)5-7/h3-5,12H,2,6,11H2,1H3. The fourth-order valence-corrected chi connectivity index (χ4v) is 0.950. The summed E-state index contributed by atoms with van der Waals surface area (Å²) in [5.41, 5.74) is 6.45. The van der Waals surface area contributed by atoms with Gasteiger partial charge in [-0.05, 0) is 24.2 Å². The third kappa shape index (κ3) is 2.20. The monoisotopic (exact) mass is 168 g/mol. The summed E-state index contributed by atoms with van der Waals surface area (Å²) in [7, 11) is 0. The lowest BCUT2D eigenvalue weighted by atomic mass is 10.2. The Labute approximate surface area is 71.6 Å². The van der Waals surface area contributed by atoms with Crippen LogP contribution >= 0.6 is 0 Å². The molecule has 0 saturated carbocycles. The van der Waals surface area contributed by atoms with E-state index in [1.807, 2.05) is 13.0 Å². The predicted octanol–water partition coefficient (Wildman–Crippen LogP) is 1.52. The molecule has 0 aliphatic carbocycles. The van der Waals surface area contributed by atoms with Crippen LogP contribution in [0.15, 0.2) is 18.2 Å². The molecule has 0 spiro atoms. The van der Waals surface area contributed by atoms with E-state index in [2.05, 4.69) is 5.32 Å². The normalized spacial score (nSPS) is 10.2. The van der Waals surface area contributed by atoms with E-state index in [0.717, 1.165) is 12.1 Å². The summed E-state index contributed by atoms with van der Waals surface area (Å²) >= 11 is 0. The summed E-state index contributed by atoms with van der Waals surface area (Å²) in [5.74, 6) is -0.342. The molecule has 0 bridgehead atoms. The highest BCUT2D eigenvalue weighted by atomic mass is 19.1. The molecule has 0 aromatic heterocycles. The van der Waals surface area contributed by atoms with Gasteiger partial charge >= 0.3 is 0 Å². The number of benzene rings is 1. The molecular weight excluding hydrogens is 155 g/mol. The molecule has 2 nitrogen and oxygen atoms in total. The summed E-state index contributed by atoms with van der Waals surface area (Å²) < 4.78 is 12.9. The number of anilines is 1. The van der Waals surface area contributed by atoms with Crippen molar-refractivity contribution in [3.05, 3.63) is 29.6 Å². The fourth-order valence-electron chi connectivity index (χ4n) is 0.950. The number of nitrogen functional groups attached to an aromatic ring is 1. The smallest absolute Gasteiger partial charge is 0.146 e. The van der Waals surface area contributed by atoms with E-state index in [9.17, 15) is 4.39 Å². The molecule has 0 aliphatic rings. The van der Waals surface area contributed by atoms with Crippen LogP contribution in [0.1, 0.15) is 12.5 Å². The third-order valence-electron chi connectivity index (χ3n) is 1.64. The molecule has 0 unspecified atom stereocenters. The molecule has 66 valence electrons. The van der Waals surface area contributed by atoms with Crippen LogP contribution < -0.4 is 11.1 Å². The largest absolute Gasteiger partial charge is 0.396 e. The molecule has 0 amide bonds. The van der Waals surface area contributed by atoms with Crippen LogP contribution in [-0.4, -0.2) is 6.54 Å². The maximum Gasteiger partial charge on any atom is 0.146 e. The minimum absolute atomic E-state index is 0.204. The molecule has 0 heterocycles. The molecule has 0 saturated heterocycles. The van der Waals surface area contributed by atoms with Crippen molar-refractivity contribution in [3.63, 3.8) is 0 Å². The number of rotatable bonds is 3. The van der Waals surface area contributed by atoms with Gasteiger partial charge in [0.05, 0.1) is 5.69 Å². The minimum Gasteiger partial charge on any atom is -0.396 e. The quantitative estimate of drug-likeness (QED) is 0.671. The minimum atomic E-state index is -0.342. The maximum atomic E-state index is 12.9. The van der Waals surface area contributed by atoms with E-state index in [0.29, 0.717) is 6.54 Å². The number of nitrogens with two attached hydrogens (primary N) is 1. The van der Waals surface area contributed by atoms with Crippen molar-refractivity contribution in [2.75, 3.05) is 12.3 Å². The van der Waals surface area contributed by atoms with Gasteiger partial charge in [-0.2, -0.15) is 0 Å². The summed E-state index contributed by atoms with van der Waals surface area (Å²) in [5, 5.41) is 3.10. The van der Waals surface area contributed by atoms with Gasteiger partial charge in [0.25, 0.3) is 0 Å². The highest BCUT2D eigenvalue weighted by Gasteiger charge is 1.98. The Balaban J connectivity index is 2.69. The average molecular weight is 168 g/mol. The summed E-state index contributed by atoms with van der Waals surface area (Å²) in [6.45, 7) is 3.58. The first-order valence-electron chi connectivity index (χ1n) is 3.98. The van der Waals surface area contributed by atoms with Crippen molar-refractivity contribution in [2.24, 2.45) is 0 Å². The Morgan fingerprint density at radius 1 is 1.50 bits per heavy atom. The van der Waals surface area contributed by atoms with Crippen LogP contribution in [0.2, 0.25) is 0 Å². The van der Waals surface area contributed by atoms with Crippen LogP contribution in [0.3, 0.4) is 0 Å². The van der Waals surface area contributed by atoms with E-state index in [-0.39, 0.29) is 11.5 Å². The van der Waals surface area contributed by atoms with Gasteiger partial charge in [0.2, 0.25) is 0 Å². The number of halogens is 1. The molecule has 0 atom stereocenters. The van der Waals surface area contributed by atoms with Crippen LogP contribution in [0.4, 0.5) is 10.1 Å². The van der Waals surface area contributed by atoms with Crippen LogP contribution in [0, 0.1) is 5.82 Å². The van der Waals surface area contributed by atoms with E-state index >= 15 is 0 Å². The lowest BCUT2D eigenvalue weighted by molar-refractivity contribution is 0.626. The molecule has 0 fully saturated rings. The van der Waals surface area contributed by atoms with Crippen molar-refractivity contribution in [2.45, 2.75) is 13.5 Å². The highest BCUT2D eigenvalue weighted by molar-refractivity contribution is 5.41. The van der Waals surface area contributed by atoms with Crippen molar-refractivity contribution in [1.29, 1.82) is 0 Å². The van der Waals surface area contributed by atoms with Crippen LogP contribution in [0.25, 0.3) is 0 Å². The Morgan fingerprint density at radius 2 is 2.25 bits per heavy atom. The van der Waals surface area contributed by atoms with Crippen molar-refractivity contribution in [3.8, 4) is 0 Å². The van der Waals surface area contributed by atoms with Gasteiger partial charge in [0, 0.05) is 6.54 Å². The zero-order valence-electron chi connectivity index (χ0n) is 7.10. The third-order valence-corrected chi connectivity index (χ3v) is 1.64. The molecular formula is C9H13FN2. The summed E-state index contributed by atoms with van der Waals surface area (Å²) in [4.78, 5) is 0. The Morgan fingerprint density at radius 3 is 2.83 bits per heavy atom. The first kappa shape index (κ1) is 9.00. The van der Waals surface area contributed by atoms with Gasteiger partial charge in [-0.3, -0.25) is 0 Å². The molecule has 3 heteroatoms. The maximum absolute atomic E-state index is 12.9. The van der Waals surface area contributed by atoms with Gasteiger partial charge in [-0.15, -0.1) is 0 Å². The van der Waals surface area contributed by atoms with E-state index in [1.54, 1.807) is 6.07 Å². The van der Waals surface area contributed by atoms with E-state index < -0.39 is 0 Å². The lowest BCUT2D eigenvalue weighted by Gasteiger charge is -2.02. The van der Waals surface area contributed by atoms with Crippen LogP contribution in [-0.2, 0) is 6.54 Å². The summed E-state index contributed by atoms with van der Waals surface area (Å²) in [6.07, 6.45) is 0. The predicted molar refractivity (Wildman–Crippen MR) is 48.2 cm³/mol. The van der Waals surface area contributed by atoms with Crippen LogP contribution in [0.5, 0.6) is 0 Å². The Bertz CT molecular complexity index is 261. The fraction of sp³-hybridized carbons (Fsp3) is 0.333. The van der Waals surface area contributed by atoms with Gasteiger partial charge < -0.3 is 11.1 Å². The molecule has 0 radical (unpaired) electrons. The first-order chi connectivity index (χ1) is 5.74. The SMILES string of the molecule is CCNCc1ccc(N)c(F)c1. The first-order valence-corrected chi connectivity index (χ1v) is 3.98. The number of hydrogen-bond donors (Lipinski definition) is 2. The topological polar surface area (TPSA) is 38.0 Å². The summed E-state index contributed by atoms with van der Waals surface area (Å²) in [6, 6.07) is 4.86. The van der Waals surface area contributed by atoms with E-state index in [4.69, 9.17) is 5.73 Å². The number of hydrogen-bond acceptors (Lipinski definition) is 2. The van der Waals surface area contributed by atoms with Gasteiger partial charge in [-0.1, -0.05) is 13.0 Å². The highest BCUT2D eigenvalue weighted by Crippen LogP contribution is 2.11.